The zero-order chi connectivity index (χ0) is 27.5. The molecule has 2 aromatic carbocycles. The highest BCUT2D eigenvalue weighted by molar-refractivity contribution is 6.02. The lowest BCUT2D eigenvalue weighted by molar-refractivity contribution is 0.0767. The van der Waals surface area contributed by atoms with Gasteiger partial charge in [0, 0.05) is 54.1 Å². The molecular weight excluding hydrogens is 499 g/mol. The number of carbonyl (C=O) groups excluding carboxylic acids is 1. The van der Waals surface area contributed by atoms with Crippen LogP contribution in [0.2, 0.25) is 0 Å². The van der Waals surface area contributed by atoms with Crippen LogP contribution < -0.4 is 10.1 Å². The van der Waals surface area contributed by atoms with E-state index in [1.807, 2.05) is 36.5 Å². The molecule has 0 unspecified atom stereocenters. The highest BCUT2D eigenvalue weighted by atomic mass is 19.1. The van der Waals surface area contributed by atoms with Crippen molar-refractivity contribution in [3.63, 3.8) is 0 Å². The van der Waals surface area contributed by atoms with E-state index in [1.54, 1.807) is 26.4 Å². The van der Waals surface area contributed by atoms with Crippen molar-refractivity contribution in [3.8, 4) is 28.0 Å². The van der Waals surface area contributed by atoms with Gasteiger partial charge in [-0.25, -0.2) is 9.37 Å². The van der Waals surface area contributed by atoms with Gasteiger partial charge in [0.15, 0.2) is 0 Å². The van der Waals surface area contributed by atoms with Gasteiger partial charge in [-0.1, -0.05) is 18.2 Å². The fourth-order valence-electron chi connectivity index (χ4n) is 5.22. The second-order valence-corrected chi connectivity index (χ2v) is 10.0. The van der Waals surface area contributed by atoms with Crippen LogP contribution in [0.25, 0.3) is 33.3 Å². The summed E-state index contributed by atoms with van der Waals surface area (Å²) >= 11 is 0. The van der Waals surface area contributed by atoms with Gasteiger partial charge in [0.2, 0.25) is 0 Å². The Labute approximate surface area is 226 Å². The summed E-state index contributed by atoms with van der Waals surface area (Å²) in [7, 11) is 3.20. The van der Waals surface area contributed by atoms with Crippen molar-refractivity contribution in [2.24, 2.45) is 0 Å². The van der Waals surface area contributed by atoms with Gasteiger partial charge in [-0.05, 0) is 55.5 Å². The highest BCUT2D eigenvalue weighted by Crippen LogP contribution is 2.37. The van der Waals surface area contributed by atoms with Crippen LogP contribution in [0.5, 0.6) is 5.75 Å². The van der Waals surface area contributed by atoms with Crippen LogP contribution in [0.15, 0.2) is 54.9 Å². The number of rotatable bonds is 8. The van der Waals surface area contributed by atoms with Crippen molar-refractivity contribution >= 4 is 22.6 Å². The molecule has 204 valence electrons. The third kappa shape index (κ3) is 5.46. The molecule has 1 saturated carbocycles. The van der Waals surface area contributed by atoms with Crippen LogP contribution in [0.3, 0.4) is 0 Å². The zero-order valence-corrected chi connectivity index (χ0v) is 22.1. The van der Waals surface area contributed by atoms with Crippen LogP contribution in [0.1, 0.15) is 36.0 Å². The number of carbonyl (C=O) groups is 1. The molecule has 0 spiro atoms. The second kappa shape index (κ2) is 11.4. The predicted octanol–water partition coefficient (Wildman–Crippen LogP) is 4.82. The molecule has 1 aliphatic rings. The molecule has 0 saturated heterocycles. The number of para-hydroxylation sites is 1. The van der Waals surface area contributed by atoms with Crippen LogP contribution in [0, 0.1) is 5.82 Å². The minimum atomic E-state index is -0.543. The third-order valence-electron chi connectivity index (χ3n) is 7.41. The number of aliphatic hydroxyl groups is 2. The van der Waals surface area contributed by atoms with E-state index in [0.29, 0.717) is 42.5 Å². The summed E-state index contributed by atoms with van der Waals surface area (Å²) in [5, 5.41) is 23.3. The Balaban J connectivity index is 1.58. The third-order valence-corrected chi connectivity index (χ3v) is 7.41. The van der Waals surface area contributed by atoms with E-state index in [-0.39, 0.29) is 36.5 Å². The van der Waals surface area contributed by atoms with Crippen molar-refractivity contribution in [1.82, 2.24) is 14.9 Å². The maximum atomic E-state index is 15.8. The van der Waals surface area contributed by atoms with Crippen molar-refractivity contribution in [2.75, 3.05) is 32.6 Å². The average Bonchev–Trinajstić information content (AvgIpc) is 3.38. The Morgan fingerprint density at radius 1 is 1.15 bits per heavy atom. The van der Waals surface area contributed by atoms with Gasteiger partial charge in [-0.2, -0.15) is 0 Å². The second-order valence-electron chi connectivity index (χ2n) is 10.0. The first-order valence-electron chi connectivity index (χ1n) is 13.1. The Morgan fingerprint density at radius 3 is 2.67 bits per heavy atom. The van der Waals surface area contributed by atoms with Crippen molar-refractivity contribution in [2.45, 2.75) is 37.8 Å². The summed E-state index contributed by atoms with van der Waals surface area (Å²) in [6.07, 6.45) is 5.80. The van der Waals surface area contributed by atoms with E-state index < -0.39 is 11.7 Å². The zero-order valence-electron chi connectivity index (χ0n) is 22.1. The van der Waals surface area contributed by atoms with Crippen molar-refractivity contribution in [3.05, 3.63) is 66.2 Å². The van der Waals surface area contributed by atoms with E-state index in [4.69, 9.17) is 4.74 Å². The fraction of sp³-hybridized carbons (Fsp3) is 0.333. The smallest absolute Gasteiger partial charge is 0.255 e. The fourth-order valence-corrected chi connectivity index (χ4v) is 5.22. The molecule has 39 heavy (non-hydrogen) atoms. The number of amides is 1. The topological polar surface area (TPSA) is 111 Å². The van der Waals surface area contributed by atoms with Crippen molar-refractivity contribution < 1.29 is 24.1 Å². The van der Waals surface area contributed by atoms with Gasteiger partial charge in [0.1, 0.15) is 17.2 Å². The number of fused-ring (bicyclic) bond motifs is 1. The number of ether oxygens (including phenoxy) is 1. The standard InChI is InChI=1S/C30H33FN4O4/c1-35(11-12-36)30(38)24-13-18(15-26(31)28(24)34-20-7-9-21(37)10-8-20)19-14-23-25(17-33-29(23)32-16-19)22-5-3-4-6-27(22)39-2/h3-6,13-17,20-21,34,36-37H,7-12H2,1-2H3,(H,32,33)/t20-,21-. The first-order valence-corrected chi connectivity index (χ1v) is 13.1. The largest absolute Gasteiger partial charge is 0.496 e. The first kappa shape index (κ1) is 26.6. The Kier molecular flexibility index (Phi) is 7.81. The number of anilines is 1. The normalized spacial score (nSPS) is 17.3. The molecule has 0 aliphatic heterocycles. The van der Waals surface area contributed by atoms with E-state index in [9.17, 15) is 15.0 Å². The predicted molar refractivity (Wildman–Crippen MR) is 149 cm³/mol. The minimum Gasteiger partial charge on any atom is -0.496 e. The van der Waals surface area contributed by atoms with Crippen molar-refractivity contribution in [1.29, 1.82) is 0 Å². The molecule has 0 radical (unpaired) electrons. The molecule has 8 nitrogen and oxygen atoms in total. The Bertz CT molecular complexity index is 1480. The number of aromatic amines is 1. The molecule has 2 heterocycles. The van der Waals surface area contributed by atoms with E-state index in [0.717, 1.165) is 22.3 Å². The molecule has 1 aliphatic carbocycles. The SMILES string of the molecule is COc1ccccc1-c1c[nH]c2ncc(-c3cc(F)c(N[C@H]4CC[C@H](O)CC4)c(C(=O)N(C)CCO)c3)cc12. The molecular formula is C30H33FN4O4. The number of nitrogens with one attached hydrogen (secondary N) is 2. The Morgan fingerprint density at radius 2 is 1.92 bits per heavy atom. The van der Waals surface area contributed by atoms with E-state index >= 15 is 4.39 Å². The summed E-state index contributed by atoms with van der Waals surface area (Å²) in [5.74, 6) is -0.215. The number of hydrogen-bond donors (Lipinski definition) is 4. The quantitative estimate of drug-likeness (QED) is 0.259. The molecule has 9 heteroatoms. The molecule has 1 fully saturated rings. The lowest BCUT2D eigenvalue weighted by atomic mass is 9.92. The monoisotopic (exact) mass is 532 g/mol. The number of benzene rings is 2. The lowest BCUT2D eigenvalue weighted by Gasteiger charge is -2.28. The number of halogens is 1. The average molecular weight is 533 g/mol. The summed E-state index contributed by atoms with van der Waals surface area (Å²) < 4.78 is 21.3. The maximum Gasteiger partial charge on any atom is 0.255 e. The molecule has 2 aromatic heterocycles. The number of aliphatic hydroxyl groups excluding tert-OH is 2. The van der Waals surface area contributed by atoms with Crippen LogP contribution in [-0.4, -0.2) is 70.4 Å². The summed E-state index contributed by atoms with van der Waals surface area (Å²) in [6.45, 7) is -0.0770. The number of likely N-dealkylation sites (N-methyl/N-ethyl adjacent to an activating group) is 1. The number of methoxy groups -OCH3 is 1. The van der Waals surface area contributed by atoms with Gasteiger partial charge in [-0.15, -0.1) is 0 Å². The van der Waals surface area contributed by atoms with Crippen LogP contribution in [-0.2, 0) is 0 Å². The molecule has 4 N–H and O–H groups in total. The van der Waals surface area contributed by atoms with Gasteiger partial charge < -0.3 is 30.2 Å². The summed E-state index contributed by atoms with van der Waals surface area (Å²) in [6, 6.07) is 12.7. The number of H-pyrrole nitrogens is 1. The number of aromatic nitrogens is 2. The van der Waals surface area contributed by atoms with Gasteiger partial charge >= 0.3 is 0 Å². The first-order chi connectivity index (χ1) is 18.9. The van der Waals surface area contributed by atoms with Gasteiger partial charge in [0.25, 0.3) is 5.91 Å². The van der Waals surface area contributed by atoms with Gasteiger partial charge in [-0.3, -0.25) is 4.79 Å². The molecule has 0 atom stereocenters. The van der Waals surface area contributed by atoms with Gasteiger partial charge in [0.05, 0.1) is 31.1 Å². The lowest BCUT2D eigenvalue weighted by Crippen LogP contribution is -2.32. The molecule has 4 aromatic rings. The van der Waals surface area contributed by atoms with Crippen LogP contribution in [0.4, 0.5) is 10.1 Å². The van der Waals surface area contributed by atoms with Crippen LogP contribution >= 0.6 is 0 Å². The van der Waals surface area contributed by atoms with E-state index in [1.165, 1.54) is 11.0 Å². The highest BCUT2D eigenvalue weighted by Gasteiger charge is 2.25. The molecule has 1 amide bonds. The summed E-state index contributed by atoms with van der Waals surface area (Å²) in [4.78, 5) is 22.5. The summed E-state index contributed by atoms with van der Waals surface area (Å²) in [5.41, 5.74) is 3.97. The molecule has 0 bridgehead atoms. The van der Waals surface area contributed by atoms with E-state index in [2.05, 4.69) is 15.3 Å². The minimum absolute atomic E-state index is 0.0512. The number of pyridine rings is 1. The number of hydrogen-bond acceptors (Lipinski definition) is 6. The maximum absolute atomic E-state index is 15.8. The number of nitrogens with zero attached hydrogens (tertiary/aromatic N) is 2. The Hall–Kier alpha value is -3.95. The molecule has 5 rings (SSSR count).